The molecule has 0 aromatic heterocycles. The summed E-state index contributed by atoms with van der Waals surface area (Å²) in [5.41, 5.74) is 0.822. The zero-order valence-electron chi connectivity index (χ0n) is 9.49. The van der Waals surface area contributed by atoms with Crippen LogP contribution in [0.1, 0.15) is 33.1 Å². The Kier molecular flexibility index (Phi) is 4.31. The molecular formula is C10H20N2O2S. The third-order valence-electron chi connectivity index (χ3n) is 2.61. The molecule has 0 saturated carbocycles. The second-order valence-electron chi connectivity index (χ2n) is 4.24. The number of nitrogens with one attached hydrogen (secondary N) is 1. The lowest BCUT2D eigenvalue weighted by molar-refractivity contribution is 0.266. The first-order valence-electron chi connectivity index (χ1n) is 5.34. The van der Waals surface area contributed by atoms with E-state index >= 15 is 0 Å². The molecule has 1 unspecified atom stereocenters. The Morgan fingerprint density at radius 2 is 2.20 bits per heavy atom. The molecule has 0 aliphatic carbocycles. The topological polar surface area (TPSA) is 49.4 Å². The molecule has 5 heteroatoms. The summed E-state index contributed by atoms with van der Waals surface area (Å²) in [7, 11) is -3.31. The van der Waals surface area contributed by atoms with Gasteiger partial charge in [0.25, 0.3) is 10.2 Å². The molecule has 0 aromatic carbocycles. The summed E-state index contributed by atoms with van der Waals surface area (Å²) in [5, 5.41) is 0. The highest BCUT2D eigenvalue weighted by atomic mass is 32.2. The lowest BCUT2D eigenvalue weighted by Gasteiger charge is -2.32. The summed E-state index contributed by atoms with van der Waals surface area (Å²) in [6, 6.07) is 0.112. The van der Waals surface area contributed by atoms with Crippen LogP contribution in [0.4, 0.5) is 0 Å². The molecule has 15 heavy (non-hydrogen) atoms. The predicted octanol–water partition coefficient (Wildman–Crippen LogP) is 1.27. The Bertz CT molecular complexity index is 324. The molecule has 1 rings (SSSR count). The molecule has 88 valence electrons. The summed E-state index contributed by atoms with van der Waals surface area (Å²) in [6.45, 7) is 8.40. The summed E-state index contributed by atoms with van der Waals surface area (Å²) in [5.74, 6) is 0. The van der Waals surface area contributed by atoms with Gasteiger partial charge in [0.2, 0.25) is 0 Å². The molecule has 0 radical (unpaired) electrons. The zero-order chi connectivity index (χ0) is 11.5. The van der Waals surface area contributed by atoms with Crippen LogP contribution in [0, 0.1) is 0 Å². The smallest absolute Gasteiger partial charge is 0.198 e. The second kappa shape index (κ2) is 5.09. The van der Waals surface area contributed by atoms with Crippen molar-refractivity contribution in [1.29, 1.82) is 0 Å². The number of nitrogens with zero attached hydrogens (tertiary/aromatic N) is 1. The maximum absolute atomic E-state index is 11.9. The molecule has 0 aromatic rings. The van der Waals surface area contributed by atoms with E-state index in [1.807, 2.05) is 13.8 Å². The molecule has 0 bridgehead atoms. The Balaban J connectivity index is 2.63. The highest BCUT2D eigenvalue weighted by molar-refractivity contribution is 7.87. The van der Waals surface area contributed by atoms with E-state index in [0.717, 1.165) is 24.8 Å². The number of hydrogen-bond donors (Lipinski definition) is 1. The van der Waals surface area contributed by atoms with Gasteiger partial charge in [0, 0.05) is 19.1 Å². The first kappa shape index (κ1) is 12.7. The fraction of sp³-hybridized carbons (Fsp3) is 0.800. The highest BCUT2D eigenvalue weighted by Crippen LogP contribution is 2.18. The molecule has 1 aliphatic rings. The van der Waals surface area contributed by atoms with Crippen molar-refractivity contribution in [3.63, 3.8) is 0 Å². The van der Waals surface area contributed by atoms with Crippen LogP contribution in [0.25, 0.3) is 0 Å². The quantitative estimate of drug-likeness (QED) is 0.742. The molecule has 1 atom stereocenters. The highest BCUT2D eigenvalue weighted by Gasteiger charge is 2.28. The fourth-order valence-corrected chi connectivity index (χ4v) is 3.27. The van der Waals surface area contributed by atoms with Crippen molar-refractivity contribution < 1.29 is 8.42 Å². The molecule has 0 amide bonds. The van der Waals surface area contributed by atoms with Crippen molar-refractivity contribution in [3.05, 3.63) is 12.2 Å². The largest absolute Gasteiger partial charge is 0.279 e. The van der Waals surface area contributed by atoms with Gasteiger partial charge in [-0.05, 0) is 26.7 Å². The van der Waals surface area contributed by atoms with Crippen molar-refractivity contribution >= 4 is 10.2 Å². The van der Waals surface area contributed by atoms with E-state index in [4.69, 9.17) is 0 Å². The minimum Gasteiger partial charge on any atom is -0.198 e. The van der Waals surface area contributed by atoms with Gasteiger partial charge in [-0.3, -0.25) is 0 Å². The average molecular weight is 232 g/mol. The van der Waals surface area contributed by atoms with E-state index in [-0.39, 0.29) is 6.04 Å². The number of rotatable bonds is 4. The summed E-state index contributed by atoms with van der Waals surface area (Å²) in [6.07, 6.45) is 3.03. The fourth-order valence-electron chi connectivity index (χ4n) is 1.73. The van der Waals surface area contributed by atoms with Gasteiger partial charge in [0.1, 0.15) is 0 Å². The van der Waals surface area contributed by atoms with Gasteiger partial charge < -0.3 is 0 Å². The minimum absolute atomic E-state index is 0.112. The molecular weight excluding hydrogens is 212 g/mol. The Morgan fingerprint density at radius 3 is 2.73 bits per heavy atom. The Hall–Kier alpha value is -0.390. The van der Waals surface area contributed by atoms with Crippen LogP contribution in [0.15, 0.2) is 12.2 Å². The SMILES string of the molecule is C=C(C)CNS(=O)(=O)N1CCCCC1C. The maximum Gasteiger partial charge on any atom is 0.279 e. The van der Waals surface area contributed by atoms with E-state index in [2.05, 4.69) is 11.3 Å². The second-order valence-corrected chi connectivity index (χ2v) is 5.95. The minimum atomic E-state index is -3.31. The predicted molar refractivity (Wildman–Crippen MR) is 61.8 cm³/mol. The molecule has 1 aliphatic heterocycles. The Labute approximate surface area is 92.5 Å². The molecule has 1 saturated heterocycles. The van der Waals surface area contributed by atoms with Gasteiger partial charge in [0.15, 0.2) is 0 Å². The van der Waals surface area contributed by atoms with Crippen molar-refractivity contribution in [2.24, 2.45) is 0 Å². The van der Waals surface area contributed by atoms with Crippen LogP contribution in [0.3, 0.4) is 0 Å². The summed E-state index contributed by atoms with van der Waals surface area (Å²) < 4.78 is 27.9. The van der Waals surface area contributed by atoms with Crippen LogP contribution >= 0.6 is 0 Å². The average Bonchev–Trinajstić information content (AvgIpc) is 2.15. The first-order valence-corrected chi connectivity index (χ1v) is 6.78. The molecule has 1 heterocycles. The lowest BCUT2D eigenvalue weighted by atomic mass is 10.1. The van der Waals surface area contributed by atoms with Crippen LogP contribution in [0.2, 0.25) is 0 Å². The van der Waals surface area contributed by atoms with Gasteiger partial charge in [-0.25, -0.2) is 0 Å². The monoisotopic (exact) mass is 232 g/mol. The molecule has 1 fully saturated rings. The molecule has 4 nitrogen and oxygen atoms in total. The summed E-state index contributed by atoms with van der Waals surface area (Å²) in [4.78, 5) is 0. The summed E-state index contributed by atoms with van der Waals surface area (Å²) >= 11 is 0. The van der Waals surface area contributed by atoms with E-state index in [1.165, 1.54) is 0 Å². The van der Waals surface area contributed by atoms with Gasteiger partial charge in [0.05, 0.1) is 0 Å². The Morgan fingerprint density at radius 1 is 1.53 bits per heavy atom. The van der Waals surface area contributed by atoms with Gasteiger partial charge in [-0.1, -0.05) is 18.6 Å². The lowest BCUT2D eigenvalue weighted by Crippen LogP contribution is -2.48. The van der Waals surface area contributed by atoms with E-state index < -0.39 is 10.2 Å². The van der Waals surface area contributed by atoms with Gasteiger partial charge >= 0.3 is 0 Å². The molecule has 0 spiro atoms. The first-order chi connectivity index (χ1) is 6.93. The van der Waals surface area contributed by atoms with Crippen molar-refractivity contribution in [3.8, 4) is 0 Å². The number of hydrogen-bond acceptors (Lipinski definition) is 2. The van der Waals surface area contributed by atoms with E-state index in [1.54, 1.807) is 4.31 Å². The standard InChI is InChI=1S/C10H20N2O2S/c1-9(2)8-11-15(13,14)12-7-5-4-6-10(12)3/h10-11H,1,4-8H2,2-3H3. The van der Waals surface area contributed by atoms with E-state index in [0.29, 0.717) is 13.1 Å². The molecule has 1 N–H and O–H groups in total. The third-order valence-corrected chi connectivity index (χ3v) is 4.28. The zero-order valence-corrected chi connectivity index (χ0v) is 10.3. The maximum atomic E-state index is 11.9. The van der Waals surface area contributed by atoms with Crippen LogP contribution in [-0.2, 0) is 10.2 Å². The van der Waals surface area contributed by atoms with Crippen LogP contribution in [-0.4, -0.2) is 31.9 Å². The van der Waals surface area contributed by atoms with Crippen molar-refractivity contribution in [2.45, 2.75) is 39.2 Å². The van der Waals surface area contributed by atoms with E-state index in [9.17, 15) is 8.42 Å². The van der Waals surface area contributed by atoms with Gasteiger partial charge in [-0.15, -0.1) is 0 Å². The van der Waals surface area contributed by atoms with Crippen LogP contribution < -0.4 is 4.72 Å². The third kappa shape index (κ3) is 3.59. The van der Waals surface area contributed by atoms with Crippen molar-refractivity contribution in [2.75, 3.05) is 13.1 Å². The van der Waals surface area contributed by atoms with Crippen molar-refractivity contribution in [1.82, 2.24) is 9.03 Å². The van der Waals surface area contributed by atoms with Gasteiger partial charge in [-0.2, -0.15) is 17.4 Å². The normalized spacial score (nSPS) is 24.0. The van der Waals surface area contributed by atoms with Crippen LogP contribution in [0.5, 0.6) is 0 Å². The number of piperidine rings is 1.